The Morgan fingerprint density at radius 3 is 2.82 bits per heavy atom. The molecule has 0 fully saturated rings. The number of carbonyl (C=O) groups excluding carboxylic acids is 1. The maximum atomic E-state index is 12.1. The first-order valence-electron chi connectivity index (χ1n) is 6.46. The maximum absolute atomic E-state index is 12.1. The van der Waals surface area contributed by atoms with Crippen LogP contribution >= 0.6 is 23.2 Å². The molecule has 1 aromatic carbocycles. The van der Waals surface area contributed by atoms with Crippen LogP contribution in [0.4, 0.5) is 0 Å². The average molecular weight is 333 g/mol. The minimum Gasteiger partial charge on any atom is -0.457 e. The van der Waals surface area contributed by atoms with Gasteiger partial charge in [0.2, 0.25) is 0 Å². The number of nitrogens with zero attached hydrogens (tertiary/aromatic N) is 2. The number of carbonyl (C=O) groups is 1. The first kappa shape index (κ1) is 14.8. The number of halogens is 2. The fourth-order valence-electron chi connectivity index (χ4n) is 1.98. The lowest BCUT2D eigenvalue weighted by atomic mass is 10.1. The van der Waals surface area contributed by atoms with Gasteiger partial charge in [-0.1, -0.05) is 29.3 Å². The van der Waals surface area contributed by atoms with Crippen molar-refractivity contribution in [2.45, 2.75) is 6.61 Å². The summed E-state index contributed by atoms with van der Waals surface area (Å²) in [4.78, 5) is 20.2. The van der Waals surface area contributed by atoms with Crippen LogP contribution in [0.25, 0.3) is 10.9 Å². The third-order valence-electron chi connectivity index (χ3n) is 3.09. The SMILES string of the molecule is O=C(OCc1ccc(Cl)nc1Cl)c1ccc2ncccc2c1. The zero-order valence-corrected chi connectivity index (χ0v) is 12.8. The molecule has 0 spiro atoms. The monoisotopic (exact) mass is 332 g/mol. The van der Waals surface area contributed by atoms with Crippen molar-refractivity contribution in [2.24, 2.45) is 0 Å². The van der Waals surface area contributed by atoms with Crippen LogP contribution in [0.3, 0.4) is 0 Å². The van der Waals surface area contributed by atoms with Crippen LogP contribution in [-0.4, -0.2) is 15.9 Å². The van der Waals surface area contributed by atoms with Crippen LogP contribution in [0.5, 0.6) is 0 Å². The largest absolute Gasteiger partial charge is 0.457 e. The van der Waals surface area contributed by atoms with Gasteiger partial charge in [-0.2, -0.15) is 0 Å². The minimum absolute atomic E-state index is 0.0346. The second-order valence-electron chi connectivity index (χ2n) is 4.57. The molecule has 0 saturated carbocycles. The van der Waals surface area contributed by atoms with Gasteiger partial charge in [0, 0.05) is 17.1 Å². The number of hydrogen-bond donors (Lipinski definition) is 0. The normalized spacial score (nSPS) is 10.6. The summed E-state index contributed by atoms with van der Waals surface area (Å²) in [5.74, 6) is -0.434. The number of ether oxygens (including phenoxy) is 1. The standard InChI is InChI=1S/C16H10Cl2N2O2/c17-14-6-4-12(15(18)20-14)9-22-16(21)11-3-5-13-10(8-11)2-1-7-19-13/h1-8H,9H2. The quantitative estimate of drug-likeness (QED) is 0.530. The van der Waals surface area contributed by atoms with Crippen LogP contribution in [0.2, 0.25) is 10.3 Å². The first-order valence-corrected chi connectivity index (χ1v) is 7.22. The lowest BCUT2D eigenvalue weighted by molar-refractivity contribution is 0.0473. The summed E-state index contributed by atoms with van der Waals surface area (Å²) in [6, 6.07) is 12.2. The van der Waals surface area contributed by atoms with Crippen LogP contribution in [-0.2, 0) is 11.3 Å². The molecule has 0 saturated heterocycles. The predicted octanol–water partition coefficient (Wildman–Crippen LogP) is 4.29. The summed E-state index contributed by atoms with van der Waals surface area (Å²) in [6.07, 6.45) is 1.70. The Bertz CT molecular complexity index is 852. The van der Waals surface area contributed by atoms with Gasteiger partial charge < -0.3 is 4.74 Å². The molecular weight excluding hydrogens is 323 g/mol. The number of rotatable bonds is 3. The fraction of sp³-hybridized carbons (Fsp3) is 0.0625. The molecule has 3 rings (SSSR count). The molecule has 3 aromatic rings. The zero-order valence-electron chi connectivity index (χ0n) is 11.3. The van der Waals surface area contributed by atoms with E-state index >= 15 is 0 Å². The lowest BCUT2D eigenvalue weighted by Gasteiger charge is -2.07. The molecule has 0 N–H and O–H groups in total. The summed E-state index contributed by atoms with van der Waals surface area (Å²) in [6.45, 7) is 0.0346. The van der Waals surface area contributed by atoms with Gasteiger partial charge in [0.15, 0.2) is 0 Å². The third-order valence-corrected chi connectivity index (χ3v) is 3.63. The van der Waals surface area contributed by atoms with Crippen LogP contribution in [0.1, 0.15) is 15.9 Å². The molecule has 0 aliphatic carbocycles. The molecular formula is C16H10Cl2N2O2. The van der Waals surface area contributed by atoms with Gasteiger partial charge in [-0.05, 0) is 36.4 Å². The van der Waals surface area contributed by atoms with E-state index in [1.165, 1.54) is 0 Å². The van der Waals surface area contributed by atoms with Crippen molar-refractivity contribution < 1.29 is 9.53 Å². The highest BCUT2D eigenvalue weighted by Crippen LogP contribution is 2.19. The molecule has 0 atom stereocenters. The van der Waals surface area contributed by atoms with Crippen molar-refractivity contribution in [1.82, 2.24) is 9.97 Å². The first-order chi connectivity index (χ1) is 10.6. The lowest BCUT2D eigenvalue weighted by Crippen LogP contribution is -2.06. The molecule has 0 aliphatic heterocycles. The third kappa shape index (κ3) is 3.18. The Labute approximate surface area is 136 Å². The summed E-state index contributed by atoms with van der Waals surface area (Å²) in [7, 11) is 0. The van der Waals surface area contributed by atoms with E-state index in [9.17, 15) is 4.79 Å². The van der Waals surface area contributed by atoms with Gasteiger partial charge in [-0.3, -0.25) is 4.98 Å². The van der Waals surface area contributed by atoms with E-state index < -0.39 is 5.97 Å². The van der Waals surface area contributed by atoms with E-state index in [0.717, 1.165) is 10.9 Å². The van der Waals surface area contributed by atoms with Gasteiger partial charge in [0.25, 0.3) is 0 Å². The van der Waals surface area contributed by atoms with Crippen molar-refractivity contribution in [3.05, 3.63) is 70.1 Å². The highest BCUT2D eigenvalue weighted by molar-refractivity contribution is 6.32. The second-order valence-corrected chi connectivity index (χ2v) is 5.32. The Balaban J connectivity index is 1.75. The van der Waals surface area contributed by atoms with Crippen LogP contribution < -0.4 is 0 Å². The summed E-state index contributed by atoms with van der Waals surface area (Å²) in [5, 5.41) is 1.40. The molecule has 0 amide bonds. The molecule has 6 heteroatoms. The van der Waals surface area contributed by atoms with Crippen molar-refractivity contribution in [3.8, 4) is 0 Å². The van der Waals surface area contributed by atoms with Gasteiger partial charge >= 0.3 is 5.97 Å². The van der Waals surface area contributed by atoms with E-state index in [1.54, 1.807) is 36.5 Å². The van der Waals surface area contributed by atoms with E-state index in [4.69, 9.17) is 27.9 Å². The maximum Gasteiger partial charge on any atom is 0.338 e. The van der Waals surface area contributed by atoms with Crippen molar-refractivity contribution in [1.29, 1.82) is 0 Å². The minimum atomic E-state index is -0.434. The molecule has 22 heavy (non-hydrogen) atoms. The molecule has 0 bridgehead atoms. The topological polar surface area (TPSA) is 52.1 Å². The number of benzene rings is 1. The average Bonchev–Trinajstić information content (AvgIpc) is 2.53. The number of esters is 1. The molecule has 4 nitrogen and oxygen atoms in total. The smallest absolute Gasteiger partial charge is 0.338 e. The van der Waals surface area contributed by atoms with E-state index in [2.05, 4.69) is 9.97 Å². The van der Waals surface area contributed by atoms with E-state index in [1.807, 2.05) is 12.1 Å². The number of fused-ring (bicyclic) bond motifs is 1. The Morgan fingerprint density at radius 1 is 1.14 bits per heavy atom. The molecule has 2 heterocycles. The van der Waals surface area contributed by atoms with Crippen molar-refractivity contribution in [2.75, 3.05) is 0 Å². The highest BCUT2D eigenvalue weighted by Gasteiger charge is 2.10. The van der Waals surface area contributed by atoms with Gasteiger partial charge in [0.1, 0.15) is 16.9 Å². The molecule has 0 radical (unpaired) electrons. The summed E-state index contributed by atoms with van der Waals surface area (Å²) < 4.78 is 5.26. The second kappa shape index (κ2) is 6.30. The molecule has 2 aromatic heterocycles. The molecule has 0 unspecified atom stereocenters. The Morgan fingerprint density at radius 2 is 2.00 bits per heavy atom. The number of pyridine rings is 2. The van der Waals surface area contributed by atoms with Crippen molar-refractivity contribution in [3.63, 3.8) is 0 Å². The Kier molecular flexibility index (Phi) is 4.22. The van der Waals surface area contributed by atoms with Gasteiger partial charge in [-0.25, -0.2) is 9.78 Å². The van der Waals surface area contributed by atoms with Crippen LogP contribution in [0.15, 0.2) is 48.7 Å². The fourth-order valence-corrected chi connectivity index (χ4v) is 2.38. The zero-order chi connectivity index (χ0) is 15.5. The number of hydrogen-bond acceptors (Lipinski definition) is 4. The van der Waals surface area contributed by atoms with Crippen LogP contribution in [0, 0.1) is 0 Å². The van der Waals surface area contributed by atoms with E-state index in [0.29, 0.717) is 16.3 Å². The van der Waals surface area contributed by atoms with Gasteiger partial charge in [0.05, 0.1) is 11.1 Å². The molecule has 0 aliphatic rings. The van der Waals surface area contributed by atoms with Crippen molar-refractivity contribution >= 4 is 40.1 Å². The van der Waals surface area contributed by atoms with E-state index in [-0.39, 0.29) is 11.8 Å². The summed E-state index contributed by atoms with van der Waals surface area (Å²) >= 11 is 11.7. The number of aromatic nitrogens is 2. The van der Waals surface area contributed by atoms with Gasteiger partial charge in [-0.15, -0.1) is 0 Å². The Hall–Kier alpha value is -2.17. The summed E-state index contributed by atoms with van der Waals surface area (Å²) in [5.41, 5.74) is 1.88. The highest BCUT2D eigenvalue weighted by atomic mass is 35.5. The molecule has 110 valence electrons. The predicted molar refractivity (Wildman–Crippen MR) is 85.1 cm³/mol.